The number of hydrogen-bond donors (Lipinski definition) is 0. The van der Waals surface area contributed by atoms with E-state index in [1.807, 2.05) is 97.1 Å². The van der Waals surface area contributed by atoms with Crippen molar-refractivity contribution in [3.05, 3.63) is 195 Å². The summed E-state index contributed by atoms with van der Waals surface area (Å²) in [6.45, 7) is 0. The maximum Gasteiger partial charge on any atom is 0.114 e. The minimum atomic E-state index is 0.580. The summed E-state index contributed by atoms with van der Waals surface area (Å²) in [5.74, 6) is 0. The molecule has 0 N–H and O–H groups in total. The summed E-state index contributed by atoms with van der Waals surface area (Å²) in [5, 5.41) is 10.0. The third-order valence-electron chi connectivity index (χ3n) is 11.6. The zero-order valence-corrected chi connectivity index (χ0v) is 33.4. The molecule has 8 nitrogen and oxygen atoms in total. The van der Waals surface area contributed by atoms with E-state index < -0.39 is 0 Å². The van der Waals surface area contributed by atoms with Gasteiger partial charge in [0.15, 0.2) is 0 Å². The zero-order valence-electron chi connectivity index (χ0n) is 33.4. The van der Waals surface area contributed by atoms with Gasteiger partial charge in [-0.2, -0.15) is 0 Å². The molecule has 0 saturated heterocycles. The van der Waals surface area contributed by atoms with Crippen molar-refractivity contribution in [2.45, 2.75) is 0 Å². The van der Waals surface area contributed by atoms with Crippen molar-refractivity contribution >= 4 is 131 Å². The lowest BCUT2D eigenvalue weighted by molar-refractivity contribution is 1.38. The zero-order chi connectivity index (χ0) is 42.1. The molecule has 8 bridgehead atoms. The molecule has 0 spiro atoms. The highest BCUT2D eigenvalue weighted by atomic mass is 14.8. The number of rotatable bonds is 0. The Hall–Kier alpha value is -9.60. The average Bonchev–Trinajstić information content (AvgIpc) is 3.35. The number of hydrogen-bond acceptors (Lipinski definition) is 8. The van der Waals surface area contributed by atoms with E-state index in [4.69, 9.17) is 39.9 Å². The molecule has 0 unspecified atom stereocenters. The van der Waals surface area contributed by atoms with Crippen LogP contribution in [0, 0.1) is 48.5 Å². The van der Waals surface area contributed by atoms with E-state index in [0.29, 0.717) is 22.1 Å². The first kappa shape index (κ1) is 35.2. The predicted octanol–water partition coefficient (Wildman–Crippen LogP) is 11.9. The lowest BCUT2D eigenvalue weighted by Gasteiger charge is -2.04. The van der Waals surface area contributed by atoms with Crippen molar-refractivity contribution in [3.63, 3.8) is 0 Å². The Labute approximate surface area is 363 Å². The minimum Gasteiger partial charge on any atom is -0.254 e. The molecule has 13 aromatic rings. The molecule has 9 aromatic heterocycles. The summed E-state index contributed by atoms with van der Waals surface area (Å²) in [6.07, 6.45) is 7.09. The first-order valence-corrected chi connectivity index (χ1v) is 20.5. The van der Waals surface area contributed by atoms with Crippen molar-refractivity contribution in [1.82, 2.24) is 39.9 Å². The molecule has 0 saturated carbocycles. The monoisotopic (exact) mass is 808 g/mol. The predicted molar refractivity (Wildman–Crippen MR) is 254 cm³/mol. The third-order valence-corrected chi connectivity index (χ3v) is 11.6. The van der Waals surface area contributed by atoms with E-state index in [-0.39, 0.29) is 0 Å². The van der Waals surface area contributed by atoms with Gasteiger partial charge in [0, 0.05) is 67.9 Å². The van der Waals surface area contributed by atoms with Crippen LogP contribution in [0.3, 0.4) is 0 Å². The molecular weight excluding hydrogens is 785 g/mol. The molecule has 4 aromatic carbocycles. The molecule has 0 fully saturated rings. The second-order valence-electron chi connectivity index (χ2n) is 15.3. The Bertz CT molecular complexity index is 3780. The van der Waals surface area contributed by atoms with Gasteiger partial charge in [0.25, 0.3) is 0 Å². The van der Waals surface area contributed by atoms with Crippen LogP contribution >= 0.6 is 0 Å². The molecule has 8 heteroatoms. The van der Waals surface area contributed by atoms with Crippen LogP contribution in [0.2, 0.25) is 0 Å². The van der Waals surface area contributed by atoms with Gasteiger partial charge in [-0.05, 0) is 121 Å². The first-order chi connectivity index (χ1) is 31.7. The summed E-state index contributed by atoms with van der Waals surface area (Å²) in [5.41, 5.74) is 8.19. The number of benzene rings is 4. The van der Waals surface area contributed by atoms with Crippen LogP contribution < -0.4 is 0 Å². The molecule has 0 amide bonds. The first-order valence-electron chi connectivity index (χ1n) is 20.5. The summed E-state index contributed by atoms with van der Waals surface area (Å²) < 4.78 is 0. The van der Waals surface area contributed by atoms with E-state index in [9.17, 15) is 0 Å². The van der Waals surface area contributed by atoms with Crippen LogP contribution in [0.5, 0.6) is 0 Å². The minimum absolute atomic E-state index is 0.580. The Morgan fingerprint density at radius 1 is 0.234 bits per heavy atom. The van der Waals surface area contributed by atoms with Gasteiger partial charge in [0.2, 0.25) is 0 Å². The fourth-order valence-corrected chi connectivity index (χ4v) is 8.56. The van der Waals surface area contributed by atoms with Crippen LogP contribution in [0.4, 0.5) is 0 Å². The largest absolute Gasteiger partial charge is 0.254 e. The van der Waals surface area contributed by atoms with Gasteiger partial charge in [-0.1, -0.05) is 48.5 Å². The number of fused-ring (bicyclic) bond motifs is 16. The summed E-state index contributed by atoms with van der Waals surface area (Å²) in [7, 11) is 0. The van der Waals surface area contributed by atoms with Gasteiger partial charge in [0.05, 0.1) is 65.7 Å². The summed E-state index contributed by atoms with van der Waals surface area (Å²) in [6, 6.07) is 67.2. The van der Waals surface area contributed by atoms with E-state index >= 15 is 0 Å². The number of aromatic nitrogens is 8. The van der Waals surface area contributed by atoms with E-state index in [1.165, 1.54) is 0 Å². The quantitative estimate of drug-likeness (QED) is 0.140. The summed E-state index contributed by atoms with van der Waals surface area (Å²) in [4.78, 5) is 39.5. The topological polar surface area (TPSA) is 103 Å². The van der Waals surface area contributed by atoms with Gasteiger partial charge < -0.3 is 0 Å². The SMILES string of the molecule is c1c2ccc3ccc4ccc(c#cc5c(c#cc6ccc7ccc8ccc(c#cc9c(c#1)c1cccnc1c1ncccc91)nc8c7n6)c1cccnc1c1ncccc51)nc4c3n2. The Morgan fingerprint density at radius 3 is 0.719 bits per heavy atom. The molecule has 0 aliphatic heterocycles. The van der Waals surface area contributed by atoms with E-state index in [0.717, 1.165) is 109 Å². The fourth-order valence-electron chi connectivity index (χ4n) is 8.56. The van der Waals surface area contributed by atoms with Crippen LogP contribution in [-0.4, -0.2) is 39.9 Å². The van der Waals surface area contributed by atoms with Crippen molar-refractivity contribution in [3.8, 4) is 0 Å². The Morgan fingerprint density at radius 2 is 0.469 bits per heavy atom. The highest BCUT2D eigenvalue weighted by molar-refractivity contribution is 6.23. The highest BCUT2D eigenvalue weighted by Gasteiger charge is 2.12. The third kappa shape index (κ3) is 5.66. The van der Waals surface area contributed by atoms with Gasteiger partial charge >= 0.3 is 0 Å². The van der Waals surface area contributed by atoms with Crippen LogP contribution in [0.15, 0.2) is 146 Å². The van der Waals surface area contributed by atoms with Gasteiger partial charge in [0.1, 0.15) is 22.1 Å². The fraction of sp³-hybridized carbons (Fsp3) is 0. The van der Waals surface area contributed by atoms with Gasteiger partial charge in [-0.25, -0.2) is 19.9 Å². The molecule has 288 valence electrons. The lowest BCUT2D eigenvalue weighted by Crippen LogP contribution is -1.87. The van der Waals surface area contributed by atoms with Crippen LogP contribution in [0.25, 0.3) is 131 Å². The molecule has 64 heavy (non-hydrogen) atoms. The molecule has 0 aliphatic carbocycles. The van der Waals surface area contributed by atoms with Crippen LogP contribution in [0.1, 0.15) is 0 Å². The van der Waals surface area contributed by atoms with Crippen molar-refractivity contribution in [1.29, 1.82) is 0 Å². The average molecular weight is 809 g/mol. The maximum absolute atomic E-state index is 5.11. The van der Waals surface area contributed by atoms with Crippen molar-refractivity contribution in [2.75, 3.05) is 0 Å². The smallest absolute Gasteiger partial charge is 0.114 e. The number of nitrogens with zero attached hydrogens (tertiary/aromatic N) is 8. The molecule has 0 aliphatic rings. The van der Waals surface area contributed by atoms with Gasteiger partial charge in [-0.15, -0.1) is 0 Å². The molecule has 0 radical (unpaired) electrons. The Balaban J connectivity index is 1.20. The van der Waals surface area contributed by atoms with Gasteiger partial charge in [-0.3, -0.25) is 19.9 Å². The second-order valence-corrected chi connectivity index (χ2v) is 15.3. The standard InChI is InChI=1S/C56H24N8/c1-5-45-41-25-21-37-17-13-33-9-10-35-15-19-39(63-50(35)49(33)61-37)23-27-43-44(48-8-4-32-60-56(48)55-47(43)7-3-31-59-55)28-24-40-20-16-36-12-11-34-14-18-38(62-51(34)52(36)64-40)22-26-42(41)46-6-2-30-58-54(46)53(45)57-29-1/h1-20,29-32H. The lowest BCUT2D eigenvalue weighted by atomic mass is 10.0. The molecule has 0 atom stereocenters. The second kappa shape index (κ2) is 14.0. The van der Waals surface area contributed by atoms with E-state index in [1.54, 1.807) is 24.8 Å². The maximum atomic E-state index is 5.11. The van der Waals surface area contributed by atoms with E-state index in [2.05, 4.69) is 72.8 Å². The molecule has 9 heterocycles. The number of pyridine rings is 8. The molecular formula is C56H24N8. The molecule has 13 rings (SSSR count). The van der Waals surface area contributed by atoms with Crippen molar-refractivity contribution < 1.29 is 0 Å². The van der Waals surface area contributed by atoms with Crippen LogP contribution in [-0.2, 0) is 0 Å². The highest BCUT2D eigenvalue weighted by Crippen LogP contribution is 2.32. The Kier molecular flexibility index (Phi) is 7.69. The van der Waals surface area contributed by atoms with Crippen molar-refractivity contribution in [2.24, 2.45) is 0 Å². The summed E-state index contributed by atoms with van der Waals surface area (Å²) >= 11 is 0. The normalized spacial score (nSPS) is 11.2.